The number of carbonyl (C=O) groups excluding carboxylic acids is 2. The summed E-state index contributed by atoms with van der Waals surface area (Å²) in [5.41, 5.74) is 0. The number of hydrogen-bond acceptors (Lipinski definition) is 6. The van der Waals surface area contributed by atoms with Crippen molar-refractivity contribution in [1.82, 2.24) is 10.4 Å². The molecular formula is C7H12N2O4. The van der Waals surface area contributed by atoms with Crippen molar-refractivity contribution in [2.45, 2.75) is 0 Å². The number of hydrogen-bond donors (Lipinski definition) is 1. The maximum Gasteiger partial charge on any atom is 0.436 e. The second-order valence-electron chi connectivity index (χ2n) is 2.55. The maximum atomic E-state index is 10.9. The van der Waals surface area contributed by atoms with Crippen molar-refractivity contribution < 1.29 is 19.2 Å². The number of nitrogens with zero attached hydrogens (tertiary/aromatic N) is 1. The molecule has 1 heterocycles. The van der Waals surface area contributed by atoms with Crippen LogP contribution in [-0.2, 0) is 19.2 Å². The van der Waals surface area contributed by atoms with E-state index in [9.17, 15) is 9.59 Å². The third-order valence-electron chi connectivity index (χ3n) is 1.64. The summed E-state index contributed by atoms with van der Waals surface area (Å²) in [6, 6.07) is 0. The molecule has 74 valence electrons. The Balaban J connectivity index is 2.30. The van der Waals surface area contributed by atoms with Crippen molar-refractivity contribution in [2.24, 2.45) is 0 Å². The van der Waals surface area contributed by atoms with Crippen LogP contribution in [0.2, 0.25) is 0 Å². The Hall–Kier alpha value is -1.14. The van der Waals surface area contributed by atoms with Gasteiger partial charge in [0, 0.05) is 26.2 Å². The molecule has 0 saturated carbocycles. The molecule has 1 N–H and O–H groups in total. The highest BCUT2D eigenvalue weighted by Crippen LogP contribution is 1.94. The summed E-state index contributed by atoms with van der Waals surface area (Å²) in [6.07, 6.45) is 0. The van der Waals surface area contributed by atoms with Gasteiger partial charge in [0.1, 0.15) is 0 Å². The second kappa shape index (κ2) is 4.78. The Morgan fingerprint density at radius 3 is 2.38 bits per heavy atom. The molecule has 1 rings (SSSR count). The maximum absolute atomic E-state index is 10.9. The largest absolute Gasteiger partial charge is 0.461 e. The molecule has 0 aromatic carbocycles. The highest BCUT2D eigenvalue weighted by Gasteiger charge is 2.21. The van der Waals surface area contributed by atoms with Gasteiger partial charge in [0.05, 0.1) is 7.11 Å². The first-order chi connectivity index (χ1) is 6.24. The Morgan fingerprint density at radius 1 is 1.23 bits per heavy atom. The van der Waals surface area contributed by atoms with E-state index in [-0.39, 0.29) is 0 Å². The monoisotopic (exact) mass is 188 g/mol. The number of nitrogens with one attached hydrogen (secondary N) is 1. The average molecular weight is 188 g/mol. The zero-order chi connectivity index (χ0) is 9.68. The predicted molar refractivity (Wildman–Crippen MR) is 42.6 cm³/mol. The number of ether oxygens (including phenoxy) is 1. The molecule has 1 saturated heterocycles. The summed E-state index contributed by atoms with van der Waals surface area (Å²) in [5, 5.41) is 4.52. The molecule has 13 heavy (non-hydrogen) atoms. The van der Waals surface area contributed by atoms with E-state index < -0.39 is 11.9 Å². The molecule has 1 aliphatic rings. The van der Waals surface area contributed by atoms with Crippen LogP contribution >= 0.6 is 0 Å². The van der Waals surface area contributed by atoms with Gasteiger partial charge in [-0.1, -0.05) is 0 Å². The quantitative estimate of drug-likeness (QED) is 0.400. The predicted octanol–water partition coefficient (Wildman–Crippen LogP) is -1.48. The van der Waals surface area contributed by atoms with Crippen LogP contribution < -0.4 is 5.32 Å². The number of rotatable bonds is 1. The van der Waals surface area contributed by atoms with Crippen LogP contribution in [0.5, 0.6) is 0 Å². The molecule has 6 nitrogen and oxygen atoms in total. The molecule has 0 atom stereocenters. The van der Waals surface area contributed by atoms with Gasteiger partial charge in [-0.2, -0.15) is 0 Å². The van der Waals surface area contributed by atoms with Gasteiger partial charge in [-0.3, -0.25) is 0 Å². The van der Waals surface area contributed by atoms with Crippen molar-refractivity contribution in [3.05, 3.63) is 0 Å². The van der Waals surface area contributed by atoms with Gasteiger partial charge >= 0.3 is 11.9 Å². The Bertz CT molecular complexity index is 201. The molecular weight excluding hydrogens is 176 g/mol. The van der Waals surface area contributed by atoms with Gasteiger partial charge in [0.25, 0.3) is 0 Å². The van der Waals surface area contributed by atoms with Crippen LogP contribution in [0.4, 0.5) is 0 Å². The molecule has 0 spiro atoms. The number of carbonyl (C=O) groups is 2. The lowest BCUT2D eigenvalue weighted by molar-refractivity contribution is -0.200. The van der Waals surface area contributed by atoms with E-state index >= 15 is 0 Å². The lowest BCUT2D eigenvalue weighted by Gasteiger charge is -2.24. The van der Waals surface area contributed by atoms with E-state index in [0.717, 1.165) is 20.2 Å². The number of piperazine rings is 1. The number of hydroxylamine groups is 2. The fraction of sp³-hybridized carbons (Fsp3) is 0.714. The Kier molecular flexibility index (Phi) is 3.66. The van der Waals surface area contributed by atoms with E-state index in [4.69, 9.17) is 4.84 Å². The van der Waals surface area contributed by atoms with Crippen LogP contribution in [-0.4, -0.2) is 50.3 Å². The van der Waals surface area contributed by atoms with Crippen molar-refractivity contribution in [1.29, 1.82) is 0 Å². The van der Waals surface area contributed by atoms with E-state index in [1.54, 1.807) is 0 Å². The van der Waals surface area contributed by atoms with Gasteiger partial charge < -0.3 is 14.9 Å². The van der Waals surface area contributed by atoms with Crippen LogP contribution in [0, 0.1) is 0 Å². The van der Waals surface area contributed by atoms with Gasteiger partial charge in [-0.15, -0.1) is 5.06 Å². The fourth-order valence-electron chi connectivity index (χ4n) is 0.973. The third kappa shape index (κ3) is 3.00. The van der Waals surface area contributed by atoms with Crippen LogP contribution in [0.1, 0.15) is 0 Å². The highest BCUT2D eigenvalue weighted by atomic mass is 16.7. The van der Waals surface area contributed by atoms with Gasteiger partial charge in [0.2, 0.25) is 0 Å². The summed E-state index contributed by atoms with van der Waals surface area (Å²) < 4.78 is 4.20. The van der Waals surface area contributed by atoms with Crippen molar-refractivity contribution in [2.75, 3.05) is 33.3 Å². The van der Waals surface area contributed by atoms with E-state index in [1.165, 1.54) is 5.06 Å². The van der Waals surface area contributed by atoms with Crippen molar-refractivity contribution in [3.8, 4) is 0 Å². The molecule has 0 radical (unpaired) electrons. The first-order valence-electron chi connectivity index (χ1n) is 4.00. The number of methoxy groups -OCH3 is 1. The summed E-state index contributed by atoms with van der Waals surface area (Å²) in [7, 11) is 1.14. The summed E-state index contributed by atoms with van der Waals surface area (Å²) in [4.78, 5) is 26.3. The number of esters is 1. The molecule has 1 fully saturated rings. The van der Waals surface area contributed by atoms with Crippen LogP contribution in [0.15, 0.2) is 0 Å². The van der Waals surface area contributed by atoms with Crippen LogP contribution in [0.3, 0.4) is 0 Å². The molecule has 0 aromatic rings. The smallest absolute Gasteiger partial charge is 0.436 e. The molecule has 0 aromatic heterocycles. The lowest BCUT2D eigenvalue weighted by Crippen LogP contribution is -2.45. The highest BCUT2D eigenvalue weighted by molar-refractivity contribution is 6.29. The lowest BCUT2D eigenvalue weighted by atomic mass is 10.4. The van der Waals surface area contributed by atoms with E-state index in [1.807, 2.05) is 0 Å². The molecule has 0 aliphatic carbocycles. The average Bonchev–Trinajstić information content (AvgIpc) is 2.18. The van der Waals surface area contributed by atoms with Crippen molar-refractivity contribution in [3.63, 3.8) is 0 Å². The van der Waals surface area contributed by atoms with E-state index in [2.05, 4.69) is 10.1 Å². The van der Waals surface area contributed by atoms with Gasteiger partial charge in [-0.05, 0) is 0 Å². The first kappa shape index (κ1) is 9.94. The standard InChI is InChI=1S/C7H12N2O4/c1-12-6(10)7(11)13-9-4-2-8-3-5-9/h8H,2-5H2,1H3. The molecule has 0 unspecified atom stereocenters. The third-order valence-corrected chi connectivity index (χ3v) is 1.64. The zero-order valence-corrected chi connectivity index (χ0v) is 7.41. The first-order valence-corrected chi connectivity index (χ1v) is 4.00. The fourth-order valence-corrected chi connectivity index (χ4v) is 0.973. The summed E-state index contributed by atoms with van der Waals surface area (Å²) in [6.45, 7) is 2.66. The van der Waals surface area contributed by atoms with Gasteiger partial charge in [-0.25, -0.2) is 9.59 Å². The summed E-state index contributed by atoms with van der Waals surface area (Å²) >= 11 is 0. The Morgan fingerprint density at radius 2 is 1.85 bits per heavy atom. The SMILES string of the molecule is COC(=O)C(=O)ON1CCNCC1. The minimum absolute atomic E-state index is 0.586. The normalized spacial score (nSPS) is 17.9. The van der Waals surface area contributed by atoms with Gasteiger partial charge in [0.15, 0.2) is 0 Å². The molecule has 1 aliphatic heterocycles. The topological polar surface area (TPSA) is 67.9 Å². The molecule has 0 bridgehead atoms. The van der Waals surface area contributed by atoms with E-state index in [0.29, 0.717) is 13.1 Å². The minimum atomic E-state index is -0.974. The second-order valence-corrected chi connectivity index (χ2v) is 2.55. The minimum Gasteiger partial charge on any atom is -0.461 e. The Labute approximate surface area is 75.7 Å². The van der Waals surface area contributed by atoms with Crippen molar-refractivity contribution >= 4 is 11.9 Å². The summed E-state index contributed by atoms with van der Waals surface area (Å²) in [5.74, 6) is -1.94. The van der Waals surface area contributed by atoms with Crippen LogP contribution in [0.25, 0.3) is 0 Å². The molecule has 0 amide bonds. The zero-order valence-electron chi connectivity index (χ0n) is 7.41. The molecule has 6 heteroatoms.